The number of benzene rings is 2. The second-order valence-electron chi connectivity index (χ2n) is 4.94. The van der Waals surface area contributed by atoms with Gasteiger partial charge < -0.3 is 19.9 Å². The second-order valence-corrected chi connectivity index (χ2v) is 5.34. The topological polar surface area (TPSA) is 109 Å². The van der Waals surface area contributed by atoms with Gasteiger partial charge in [-0.3, -0.25) is 9.59 Å². The summed E-state index contributed by atoms with van der Waals surface area (Å²) in [7, 11) is 2.90. The van der Waals surface area contributed by atoms with Crippen molar-refractivity contribution in [1.29, 1.82) is 0 Å². The Labute approximate surface area is 154 Å². The number of amides is 2. The summed E-state index contributed by atoms with van der Waals surface area (Å²) in [6.07, 6.45) is 1.26. The Kier molecular flexibility index (Phi) is 6.40. The van der Waals surface area contributed by atoms with Crippen LogP contribution in [-0.2, 0) is 9.59 Å². The van der Waals surface area contributed by atoms with E-state index in [9.17, 15) is 14.7 Å². The van der Waals surface area contributed by atoms with E-state index < -0.39 is 11.8 Å². The standard InChI is InChI=1S/C17H16ClN3O5/c1-25-12-5-3-11(4-6-12)20-16(23)17(24)21-19-9-10-7-13(18)15(22)14(8-10)26-2/h3-9,22H,1-2H3,(H,20,23)(H,21,24)/b19-9-. The van der Waals surface area contributed by atoms with Gasteiger partial charge in [0.1, 0.15) is 5.75 Å². The summed E-state index contributed by atoms with van der Waals surface area (Å²) in [5.74, 6) is -1.25. The third-order valence-electron chi connectivity index (χ3n) is 3.20. The number of hydrazone groups is 1. The van der Waals surface area contributed by atoms with Crippen LogP contribution < -0.4 is 20.2 Å². The average molecular weight is 378 g/mol. The molecule has 0 aliphatic carbocycles. The van der Waals surface area contributed by atoms with Crippen molar-refractivity contribution >= 4 is 35.3 Å². The highest BCUT2D eigenvalue weighted by atomic mass is 35.5. The number of hydrogen-bond acceptors (Lipinski definition) is 6. The minimum Gasteiger partial charge on any atom is -0.503 e. The highest BCUT2D eigenvalue weighted by Crippen LogP contribution is 2.34. The molecule has 136 valence electrons. The first-order valence-electron chi connectivity index (χ1n) is 7.29. The van der Waals surface area contributed by atoms with Gasteiger partial charge in [0, 0.05) is 5.69 Å². The number of hydrogen-bond donors (Lipinski definition) is 3. The smallest absolute Gasteiger partial charge is 0.329 e. The molecular weight excluding hydrogens is 362 g/mol. The number of aromatic hydroxyl groups is 1. The van der Waals surface area contributed by atoms with Gasteiger partial charge in [-0.2, -0.15) is 5.10 Å². The van der Waals surface area contributed by atoms with Gasteiger partial charge in [-0.25, -0.2) is 5.43 Å². The zero-order chi connectivity index (χ0) is 19.1. The molecule has 0 aliphatic heterocycles. The van der Waals surface area contributed by atoms with Gasteiger partial charge in [0.25, 0.3) is 0 Å². The van der Waals surface area contributed by atoms with Gasteiger partial charge in [0.15, 0.2) is 11.5 Å². The fraction of sp³-hybridized carbons (Fsp3) is 0.118. The van der Waals surface area contributed by atoms with Crippen LogP contribution in [0.2, 0.25) is 5.02 Å². The Morgan fingerprint density at radius 3 is 2.42 bits per heavy atom. The Balaban J connectivity index is 1.95. The van der Waals surface area contributed by atoms with E-state index in [-0.39, 0.29) is 16.5 Å². The van der Waals surface area contributed by atoms with Crippen molar-refractivity contribution in [2.24, 2.45) is 5.10 Å². The lowest BCUT2D eigenvalue weighted by molar-refractivity contribution is -0.136. The maximum absolute atomic E-state index is 11.8. The average Bonchev–Trinajstić information content (AvgIpc) is 2.64. The molecular formula is C17H16ClN3O5. The van der Waals surface area contributed by atoms with E-state index in [0.717, 1.165) is 0 Å². The zero-order valence-electron chi connectivity index (χ0n) is 13.9. The fourth-order valence-electron chi connectivity index (χ4n) is 1.90. The molecule has 0 spiro atoms. The molecule has 2 aromatic carbocycles. The quantitative estimate of drug-likeness (QED) is 0.420. The van der Waals surface area contributed by atoms with Crippen LogP contribution in [0.1, 0.15) is 5.56 Å². The van der Waals surface area contributed by atoms with Gasteiger partial charge in [0.2, 0.25) is 0 Å². The molecule has 0 heterocycles. The highest BCUT2D eigenvalue weighted by molar-refractivity contribution is 6.39. The molecule has 0 radical (unpaired) electrons. The van der Waals surface area contributed by atoms with E-state index in [1.54, 1.807) is 24.3 Å². The highest BCUT2D eigenvalue weighted by Gasteiger charge is 2.13. The van der Waals surface area contributed by atoms with Crippen LogP contribution in [0.15, 0.2) is 41.5 Å². The van der Waals surface area contributed by atoms with Crippen LogP contribution in [-0.4, -0.2) is 37.4 Å². The van der Waals surface area contributed by atoms with Crippen LogP contribution in [0.3, 0.4) is 0 Å². The van der Waals surface area contributed by atoms with E-state index in [0.29, 0.717) is 17.0 Å². The summed E-state index contributed by atoms with van der Waals surface area (Å²) in [4.78, 5) is 23.6. The molecule has 0 bridgehead atoms. The number of carbonyl (C=O) groups excluding carboxylic acids is 2. The molecule has 2 amide bonds. The second kappa shape index (κ2) is 8.72. The van der Waals surface area contributed by atoms with E-state index in [1.165, 1.54) is 32.6 Å². The van der Waals surface area contributed by atoms with Crippen LogP contribution in [0.4, 0.5) is 5.69 Å². The molecule has 26 heavy (non-hydrogen) atoms. The van der Waals surface area contributed by atoms with E-state index in [4.69, 9.17) is 21.1 Å². The van der Waals surface area contributed by atoms with E-state index >= 15 is 0 Å². The maximum atomic E-state index is 11.8. The number of nitrogens with one attached hydrogen (secondary N) is 2. The van der Waals surface area contributed by atoms with Gasteiger partial charge in [-0.15, -0.1) is 0 Å². The number of methoxy groups -OCH3 is 2. The van der Waals surface area contributed by atoms with Crippen molar-refractivity contribution in [2.45, 2.75) is 0 Å². The first-order valence-corrected chi connectivity index (χ1v) is 7.67. The van der Waals surface area contributed by atoms with Crippen molar-refractivity contribution in [3.8, 4) is 17.2 Å². The molecule has 0 unspecified atom stereocenters. The Morgan fingerprint density at radius 1 is 1.12 bits per heavy atom. The minimum absolute atomic E-state index is 0.0642. The summed E-state index contributed by atoms with van der Waals surface area (Å²) in [5.41, 5.74) is 2.99. The summed E-state index contributed by atoms with van der Waals surface area (Å²) in [6, 6.07) is 9.37. The summed E-state index contributed by atoms with van der Waals surface area (Å²) >= 11 is 5.85. The van der Waals surface area contributed by atoms with Crippen LogP contribution >= 0.6 is 11.6 Å². The van der Waals surface area contributed by atoms with Crippen molar-refractivity contribution in [3.05, 3.63) is 47.0 Å². The summed E-state index contributed by atoms with van der Waals surface area (Å²) in [5, 5.41) is 15.8. The molecule has 0 aromatic heterocycles. The first-order chi connectivity index (χ1) is 12.4. The number of halogens is 1. The minimum atomic E-state index is -0.950. The Bertz CT molecular complexity index is 837. The van der Waals surface area contributed by atoms with Gasteiger partial charge in [-0.05, 0) is 42.0 Å². The normalized spacial score (nSPS) is 10.4. The SMILES string of the molecule is COc1ccc(NC(=O)C(=O)N/N=C\c2cc(Cl)c(O)c(OC)c2)cc1. The number of phenols is 1. The molecule has 3 N–H and O–H groups in total. The molecule has 9 heteroatoms. The lowest BCUT2D eigenvalue weighted by Gasteiger charge is -2.06. The van der Waals surface area contributed by atoms with E-state index in [2.05, 4.69) is 15.8 Å². The van der Waals surface area contributed by atoms with E-state index in [1.807, 2.05) is 0 Å². The predicted molar refractivity (Wildman–Crippen MR) is 97.0 cm³/mol. The van der Waals surface area contributed by atoms with Crippen molar-refractivity contribution in [1.82, 2.24) is 5.43 Å². The largest absolute Gasteiger partial charge is 0.503 e. The Morgan fingerprint density at radius 2 is 1.81 bits per heavy atom. The van der Waals surface area contributed by atoms with Gasteiger partial charge in [-0.1, -0.05) is 11.6 Å². The van der Waals surface area contributed by atoms with Crippen LogP contribution in [0, 0.1) is 0 Å². The van der Waals surface area contributed by atoms with Crippen LogP contribution in [0.5, 0.6) is 17.2 Å². The number of nitrogens with zero attached hydrogens (tertiary/aromatic N) is 1. The molecule has 0 aliphatic rings. The monoisotopic (exact) mass is 377 g/mol. The van der Waals surface area contributed by atoms with Crippen molar-refractivity contribution in [3.63, 3.8) is 0 Å². The van der Waals surface area contributed by atoms with Gasteiger partial charge in [0.05, 0.1) is 25.5 Å². The lowest BCUT2D eigenvalue weighted by Crippen LogP contribution is -2.32. The molecule has 0 saturated carbocycles. The molecule has 0 atom stereocenters. The van der Waals surface area contributed by atoms with Crippen LogP contribution in [0.25, 0.3) is 0 Å². The molecule has 0 saturated heterocycles. The molecule has 0 fully saturated rings. The molecule has 2 rings (SSSR count). The zero-order valence-corrected chi connectivity index (χ0v) is 14.7. The third kappa shape index (κ3) is 4.87. The van der Waals surface area contributed by atoms with Crippen molar-refractivity contribution < 1.29 is 24.2 Å². The van der Waals surface area contributed by atoms with Crippen molar-refractivity contribution in [2.75, 3.05) is 19.5 Å². The number of anilines is 1. The molecule has 8 nitrogen and oxygen atoms in total. The third-order valence-corrected chi connectivity index (χ3v) is 3.49. The molecule has 2 aromatic rings. The lowest BCUT2D eigenvalue weighted by atomic mass is 10.2. The number of rotatable bonds is 5. The summed E-state index contributed by atoms with van der Waals surface area (Å²) in [6.45, 7) is 0. The summed E-state index contributed by atoms with van der Waals surface area (Å²) < 4.78 is 9.96. The maximum Gasteiger partial charge on any atom is 0.329 e. The Hall–Kier alpha value is -3.26. The fourth-order valence-corrected chi connectivity index (χ4v) is 2.12. The number of ether oxygens (including phenoxy) is 2. The number of carbonyl (C=O) groups is 2. The van der Waals surface area contributed by atoms with Gasteiger partial charge >= 0.3 is 11.8 Å². The first kappa shape index (κ1) is 19.1. The number of phenolic OH excluding ortho intramolecular Hbond substituents is 1. The predicted octanol–water partition coefficient (Wildman–Crippen LogP) is 2.15.